The molecule has 0 amide bonds. The molecule has 2 N–H and O–H groups in total. The van der Waals surface area contributed by atoms with E-state index < -0.39 is 4.92 Å². The predicted octanol–water partition coefficient (Wildman–Crippen LogP) is 2.50. The zero-order valence-electron chi connectivity index (χ0n) is 11.2. The summed E-state index contributed by atoms with van der Waals surface area (Å²) in [6, 6.07) is 13.5. The minimum atomic E-state index is -0.508. The van der Waals surface area contributed by atoms with Gasteiger partial charge < -0.3 is 10.5 Å². The Labute approximate surface area is 121 Å². The first kappa shape index (κ1) is 14.5. The molecule has 0 aliphatic heterocycles. The molecule has 0 saturated carbocycles. The molecule has 0 bridgehead atoms. The third kappa shape index (κ3) is 3.35. The largest absolute Gasteiger partial charge is 0.482 e. The average molecular weight is 283 g/mol. The number of hydrogen-bond donors (Lipinski definition) is 1. The lowest BCUT2D eigenvalue weighted by Crippen LogP contribution is -2.03. The summed E-state index contributed by atoms with van der Waals surface area (Å²) in [7, 11) is 0. The summed E-state index contributed by atoms with van der Waals surface area (Å²) in [6.45, 7) is 0.349. The number of nitrogens with zero attached hydrogens (tertiary/aromatic N) is 2. The second-order valence-electron chi connectivity index (χ2n) is 4.32. The van der Waals surface area contributed by atoms with Gasteiger partial charge in [0.25, 0.3) is 0 Å². The minimum absolute atomic E-state index is 0.0819. The van der Waals surface area contributed by atoms with E-state index in [9.17, 15) is 10.1 Å². The van der Waals surface area contributed by atoms with Gasteiger partial charge in [-0.3, -0.25) is 10.1 Å². The van der Waals surface area contributed by atoms with Crippen LogP contribution in [0.2, 0.25) is 0 Å². The van der Waals surface area contributed by atoms with E-state index in [4.69, 9.17) is 15.7 Å². The lowest BCUT2D eigenvalue weighted by Gasteiger charge is -2.09. The summed E-state index contributed by atoms with van der Waals surface area (Å²) in [4.78, 5) is 10.5. The smallest absolute Gasteiger partial charge is 0.310 e. The summed E-state index contributed by atoms with van der Waals surface area (Å²) in [5, 5.41) is 20.0. The number of nitro groups is 1. The van der Waals surface area contributed by atoms with E-state index in [1.807, 2.05) is 0 Å². The van der Waals surface area contributed by atoms with Gasteiger partial charge in [0.05, 0.1) is 16.6 Å². The van der Waals surface area contributed by atoms with E-state index in [1.165, 1.54) is 6.07 Å². The maximum absolute atomic E-state index is 11.0. The molecule has 0 unspecified atom stereocenters. The second-order valence-corrected chi connectivity index (χ2v) is 4.32. The Bertz CT molecular complexity index is 708. The molecule has 0 aliphatic rings. The van der Waals surface area contributed by atoms with Crippen LogP contribution in [0.4, 0.5) is 5.69 Å². The van der Waals surface area contributed by atoms with E-state index in [-0.39, 0.29) is 24.6 Å². The number of ether oxygens (including phenoxy) is 1. The fourth-order valence-corrected chi connectivity index (χ4v) is 1.86. The molecule has 0 aromatic heterocycles. The zero-order valence-corrected chi connectivity index (χ0v) is 11.2. The Morgan fingerprint density at radius 2 is 2.05 bits per heavy atom. The van der Waals surface area contributed by atoms with Gasteiger partial charge in [-0.1, -0.05) is 24.3 Å². The van der Waals surface area contributed by atoms with Crippen LogP contribution in [0.5, 0.6) is 5.75 Å². The Morgan fingerprint density at radius 3 is 2.71 bits per heavy atom. The van der Waals surface area contributed by atoms with E-state index in [0.717, 1.165) is 5.56 Å². The van der Waals surface area contributed by atoms with Crippen molar-refractivity contribution in [2.45, 2.75) is 13.2 Å². The second kappa shape index (κ2) is 6.50. The molecule has 6 nitrogen and oxygen atoms in total. The quantitative estimate of drug-likeness (QED) is 0.670. The number of rotatable bonds is 5. The lowest BCUT2D eigenvalue weighted by molar-refractivity contribution is -0.386. The third-order valence-electron chi connectivity index (χ3n) is 2.98. The van der Waals surface area contributed by atoms with Gasteiger partial charge in [-0.15, -0.1) is 0 Å². The van der Waals surface area contributed by atoms with Gasteiger partial charge in [-0.25, -0.2) is 0 Å². The van der Waals surface area contributed by atoms with Crippen LogP contribution in [-0.4, -0.2) is 4.92 Å². The highest BCUT2D eigenvalue weighted by Crippen LogP contribution is 2.28. The predicted molar refractivity (Wildman–Crippen MR) is 76.5 cm³/mol. The number of nitriles is 1. The van der Waals surface area contributed by atoms with Crippen molar-refractivity contribution in [3.63, 3.8) is 0 Å². The Balaban J connectivity index is 2.27. The standard InChI is InChI=1S/C15H13N3O3/c16-8-11-5-6-14(18(19)20)15(7-11)21-10-13-4-2-1-3-12(13)9-17/h1-7H,8,10,16H2. The molecule has 0 atom stereocenters. The van der Waals surface area contributed by atoms with Crippen molar-refractivity contribution in [3.05, 3.63) is 69.3 Å². The van der Waals surface area contributed by atoms with E-state index in [2.05, 4.69) is 6.07 Å². The van der Waals surface area contributed by atoms with Crippen LogP contribution in [0.1, 0.15) is 16.7 Å². The van der Waals surface area contributed by atoms with Crippen LogP contribution >= 0.6 is 0 Å². The first-order chi connectivity index (χ1) is 10.2. The van der Waals surface area contributed by atoms with Crippen molar-refractivity contribution in [2.75, 3.05) is 0 Å². The fraction of sp³-hybridized carbons (Fsp3) is 0.133. The van der Waals surface area contributed by atoms with Crippen molar-refractivity contribution in [1.29, 1.82) is 5.26 Å². The first-order valence-corrected chi connectivity index (χ1v) is 6.24. The molecule has 0 fully saturated rings. The SMILES string of the molecule is N#Cc1ccccc1COc1cc(CN)ccc1[N+](=O)[O-]. The van der Waals surface area contributed by atoms with Crippen molar-refractivity contribution in [1.82, 2.24) is 0 Å². The highest BCUT2D eigenvalue weighted by Gasteiger charge is 2.16. The molecule has 6 heteroatoms. The molecule has 2 aromatic rings. The van der Waals surface area contributed by atoms with Gasteiger partial charge in [-0.05, 0) is 17.7 Å². The van der Waals surface area contributed by atoms with E-state index >= 15 is 0 Å². The molecule has 2 rings (SSSR count). The maximum atomic E-state index is 11.0. The molecule has 0 spiro atoms. The summed E-state index contributed by atoms with van der Waals surface area (Å²) in [5.74, 6) is 0.149. The summed E-state index contributed by atoms with van der Waals surface area (Å²) in [6.07, 6.45) is 0. The zero-order chi connectivity index (χ0) is 15.2. The van der Waals surface area contributed by atoms with Gasteiger partial charge in [0.15, 0.2) is 5.75 Å². The highest BCUT2D eigenvalue weighted by molar-refractivity contribution is 5.49. The van der Waals surface area contributed by atoms with Gasteiger partial charge in [0, 0.05) is 18.2 Å². The van der Waals surface area contributed by atoms with Crippen LogP contribution in [0.15, 0.2) is 42.5 Å². The third-order valence-corrected chi connectivity index (χ3v) is 2.98. The molecule has 0 saturated heterocycles. The minimum Gasteiger partial charge on any atom is -0.482 e. The molecule has 0 heterocycles. The lowest BCUT2D eigenvalue weighted by atomic mass is 10.1. The van der Waals surface area contributed by atoms with Crippen LogP contribution in [0, 0.1) is 21.4 Å². The number of nitrogens with two attached hydrogens (primary N) is 1. The van der Waals surface area contributed by atoms with Crippen molar-refractivity contribution >= 4 is 5.69 Å². The fourth-order valence-electron chi connectivity index (χ4n) is 1.86. The van der Waals surface area contributed by atoms with Crippen LogP contribution in [0.25, 0.3) is 0 Å². The normalized spacial score (nSPS) is 9.90. The molecular weight excluding hydrogens is 270 g/mol. The van der Waals surface area contributed by atoms with Crippen molar-refractivity contribution in [2.24, 2.45) is 5.73 Å². The van der Waals surface area contributed by atoms with Crippen LogP contribution < -0.4 is 10.5 Å². The van der Waals surface area contributed by atoms with Gasteiger partial charge in [0.1, 0.15) is 6.61 Å². The molecule has 21 heavy (non-hydrogen) atoms. The van der Waals surface area contributed by atoms with Crippen LogP contribution in [-0.2, 0) is 13.2 Å². The number of nitro benzene ring substituents is 1. The van der Waals surface area contributed by atoms with Gasteiger partial charge in [-0.2, -0.15) is 5.26 Å². The van der Waals surface area contributed by atoms with Gasteiger partial charge in [0.2, 0.25) is 0 Å². The van der Waals surface area contributed by atoms with E-state index in [0.29, 0.717) is 11.1 Å². The molecule has 0 aliphatic carbocycles. The topological polar surface area (TPSA) is 102 Å². The van der Waals surface area contributed by atoms with Crippen molar-refractivity contribution < 1.29 is 9.66 Å². The molecule has 0 radical (unpaired) electrons. The summed E-state index contributed by atoms with van der Waals surface area (Å²) < 4.78 is 5.52. The maximum Gasteiger partial charge on any atom is 0.310 e. The molecular formula is C15H13N3O3. The molecule has 106 valence electrons. The number of benzene rings is 2. The first-order valence-electron chi connectivity index (χ1n) is 6.24. The number of hydrogen-bond acceptors (Lipinski definition) is 5. The van der Waals surface area contributed by atoms with Gasteiger partial charge >= 0.3 is 5.69 Å². The Morgan fingerprint density at radius 1 is 1.29 bits per heavy atom. The average Bonchev–Trinajstić information content (AvgIpc) is 2.52. The monoisotopic (exact) mass is 283 g/mol. The van der Waals surface area contributed by atoms with E-state index in [1.54, 1.807) is 36.4 Å². The molecule has 2 aromatic carbocycles. The Hall–Kier alpha value is -2.91. The Kier molecular flexibility index (Phi) is 4.49. The summed E-state index contributed by atoms with van der Waals surface area (Å²) >= 11 is 0. The highest BCUT2D eigenvalue weighted by atomic mass is 16.6. The van der Waals surface area contributed by atoms with Crippen molar-refractivity contribution in [3.8, 4) is 11.8 Å². The summed E-state index contributed by atoms with van der Waals surface area (Å²) in [5.41, 5.74) is 7.30. The van der Waals surface area contributed by atoms with Crippen LogP contribution in [0.3, 0.4) is 0 Å².